The van der Waals surface area contributed by atoms with Crippen molar-refractivity contribution >= 4 is 21.6 Å². The number of carbonyl (C=O) groups is 1. The molecule has 0 aliphatic carbocycles. The van der Waals surface area contributed by atoms with E-state index in [2.05, 4.69) is 10.3 Å². The van der Waals surface area contributed by atoms with Gasteiger partial charge in [-0.1, -0.05) is 6.42 Å². The van der Waals surface area contributed by atoms with E-state index < -0.39 is 28.7 Å². The van der Waals surface area contributed by atoms with Crippen LogP contribution in [0.2, 0.25) is 0 Å². The fourth-order valence-electron chi connectivity index (χ4n) is 3.00. The Hall–Kier alpha value is -2.66. The van der Waals surface area contributed by atoms with E-state index in [4.69, 9.17) is 4.74 Å². The molecule has 0 unspecified atom stereocenters. The molecule has 0 radical (unpaired) electrons. The number of ether oxygens (including phenoxy) is 1. The van der Waals surface area contributed by atoms with E-state index in [0.29, 0.717) is 13.1 Å². The quantitative estimate of drug-likeness (QED) is 0.739. The number of pyridine rings is 1. The molecule has 0 spiro atoms. The predicted molar refractivity (Wildman–Crippen MR) is 103 cm³/mol. The molecule has 0 saturated carbocycles. The van der Waals surface area contributed by atoms with E-state index >= 15 is 0 Å². The van der Waals surface area contributed by atoms with Gasteiger partial charge in [0, 0.05) is 31.0 Å². The highest BCUT2D eigenvalue weighted by atomic mass is 32.2. The highest BCUT2D eigenvalue weighted by Gasteiger charge is 2.30. The van der Waals surface area contributed by atoms with Gasteiger partial charge in [-0.15, -0.1) is 0 Å². The van der Waals surface area contributed by atoms with Crippen molar-refractivity contribution in [3.05, 3.63) is 48.3 Å². The highest BCUT2D eigenvalue weighted by Crippen LogP contribution is 2.31. The first-order valence-corrected chi connectivity index (χ1v) is 10.7. The van der Waals surface area contributed by atoms with Crippen LogP contribution in [0, 0.1) is 0 Å². The van der Waals surface area contributed by atoms with Crippen LogP contribution in [0.5, 0.6) is 5.75 Å². The van der Waals surface area contributed by atoms with Crippen LogP contribution in [-0.4, -0.2) is 49.5 Å². The number of hydrogen-bond donors (Lipinski definition) is 1. The third kappa shape index (κ3) is 5.48. The number of halogens is 3. The molecular formula is C19H20F3N3O4S. The highest BCUT2D eigenvalue weighted by molar-refractivity contribution is 7.89. The lowest BCUT2D eigenvalue weighted by molar-refractivity contribution is -0.153. The first-order valence-electron chi connectivity index (χ1n) is 9.22. The van der Waals surface area contributed by atoms with Crippen LogP contribution in [0.15, 0.2) is 47.6 Å². The number of nitrogens with zero attached hydrogens (tertiary/aromatic N) is 2. The Labute approximate surface area is 171 Å². The van der Waals surface area contributed by atoms with E-state index in [0.717, 1.165) is 31.4 Å². The molecule has 0 bridgehead atoms. The zero-order valence-corrected chi connectivity index (χ0v) is 16.7. The maximum absolute atomic E-state index is 12.9. The lowest BCUT2D eigenvalue weighted by Gasteiger charge is -2.26. The normalized spacial score (nSPS) is 15.6. The topological polar surface area (TPSA) is 88.6 Å². The van der Waals surface area contributed by atoms with Crippen LogP contribution in [0.25, 0.3) is 0 Å². The number of sulfonamides is 1. The second-order valence-corrected chi connectivity index (χ2v) is 8.65. The van der Waals surface area contributed by atoms with Gasteiger partial charge in [0.2, 0.25) is 10.0 Å². The monoisotopic (exact) mass is 443 g/mol. The van der Waals surface area contributed by atoms with Crippen molar-refractivity contribution in [2.45, 2.75) is 30.3 Å². The lowest BCUT2D eigenvalue weighted by atomic mass is 10.2. The summed E-state index contributed by atoms with van der Waals surface area (Å²) in [4.78, 5) is 16.1. The van der Waals surface area contributed by atoms with Gasteiger partial charge in [0.25, 0.3) is 5.91 Å². The van der Waals surface area contributed by atoms with E-state index in [1.54, 1.807) is 0 Å². The lowest BCUT2D eigenvalue weighted by Crippen LogP contribution is -2.35. The molecule has 162 valence electrons. The van der Waals surface area contributed by atoms with E-state index in [9.17, 15) is 26.4 Å². The van der Waals surface area contributed by atoms with Crippen LogP contribution < -0.4 is 10.1 Å². The molecule has 7 nitrogen and oxygen atoms in total. The number of amides is 1. The SMILES string of the molecule is O=C(Nc1cc(S(=O)(=O)N2CCCCC2)ccc1OCC(F)(F)F)c1ccncc1. The summed E-state index contributed by atoms with van der Waals surface area (Å²) in [7, 11) is -3.85. The summed E-state index contributed by atoms with van der Waals surface area (Å²) in [5, 5.41) is 2.44. The van der Waals surface area contributed by atoms with Gasteiger partial charge in [-0.2, -0.15) is 17.5 Å². The number of rotatable bonds is 6. The smallest absolute Gasteiger partial charge is 0.422 e. The van der Waals surface area contributed by atoms with Crippen LogP contribution >= 0.6 is 0 Å². The number of piperidine rings is 1. The zero-order chi connectivity index (χ0) is 21.8. The summed E-state index contributed by atoms with van der Waals surface area (Å²) in [6.07, 6.45) is 0.574. The van der Waals surface area contributed by atoms with Crippen molar-refractivity contribution in [2.24, 2.45) is 0 Å². The number of carbonyl (C=O) groups excluding carboxylic acids is 1. The maximum atomic E-state index is 12.9. The third-order valence-corrected chi connectivity index (χ3v) is 6.38. The Bertz CT molecular complexity index is 992. The summed E-state index contributed by atoms with van der Waals surface area (Å²) < 4.78 is 69.7. The number of nitrogens with one attached hydrogen (secondary N) is 1. The van der Waals surface area contributed by atoms with Crippen LogP contribution in [0.4, 0.5) is 18.9 Å². The number of hydrogen-bond acceptors (Lipinski definition) is 5. The van der Waals surface area contributed by atoms with E-state index in [1.165, 1.54) is 34.9 Å². The minimum absolute atomic E-state index is 0.131. The van der Waals surface area contributed by atoms with Crippen molar-refractivity contribution in [3.8, 4) is 5.75 Å². The maximum Gasteiger partial charge on any atom is 0.422 e. The Kier molecular flexibility index (Phi) is 6.61. The van der Waals surface area contributed by atoms with Crippen LogP contribution in [0.3, 0.4) is 0 Å². The van der Waals surface area contributed by atoms with Gasteiger partial charge in [0.1, 0.15) is 5.75 Å². The average molecular weight is 443 g/mol. The molecule has 30 heavy (non-hydrogen) atoms. The van der Waals surface area contributed by atoms with Crippen LogP contribution in [0.1, 0.15) is 29.6 Å². The van der Waals surface area contributed by atoms with Gasteiger partial charge in [0.05, 0.1) is 10.6 Å². The first kappa shape index (κ1) is 22.0. The third-order valence-electron chi connectivity index (χ3n) is 4.49. The standard InChI is InChI=1S/C19H20F3N3O4S/c20-19(21,22)13-29-17-5-4-15(30(27,28)25-10-2-1-3-11-25)12-16(17)24-18(26)14-6-8-23-9-7-14/h4-9,12H,1-3,10-11,13H2,(H,24,26). The molecule has 1 aromatic heterocycles. The van der Waals surface area contributed by atoms with Crippen molar-refractivity contribution in [1.82, 2.24) is 9.29 Å². The van der Waals surface area contributed by atoms with Crippen molar-refractivity contribution in [1.29, 1.82) is 0 Å². The fourth-order valence-corrected chi connectivity index (χ4v) is 4.55. The number of anilines is 1. The van der Waals surface area contributed by atoms with Crippen molar-refractivity contribution in [2.75, 3.05) is 25.0 Å². The van der Waals surface area contributed by atoms with Gasteiger partial charge in [-0.3, -0.25) is 9.78 Å². The van der Waals surface area contributed by atoms with Crippen molar-refractivity contribution < 1.29 is 31.1 Å². The second-order valence-electron chi connectivity index (χ2n) is 6.72. The Morgan fingerprint density at radius 3 is 2.40 bits per heavy atom. The molecule has 0 atom stereocenters. The van der Waals surface area contributed by atoms with E-state index in [-0.39, 0.29) is 21.9 Å². The van der Waals surface area contributed by atoms with Gasteiger partial charge < -0.3 is 10.1 Å². The second kappa shape index (κ2) is 9.00. The van der Waals surface area contributed by atoms with Gasteiger partial charge >= 0.3 is 6.18 Å². The summed E-state index contributed by atoms with van der Waals surface area (Å²) in [6.45, 7) is -0.843. The molecule has 1 amide bonds. The van der Waals surface area contributed by atoms with Gasteiger partial charge in [-0.25, -0.2) is 8.42 Å². The minimum atomic E-state index is -4.59. The Balaban J connectivity index is 1.93. The van der Waals surface area contributed by atoms with Gasteiger partial charge in [-0.05, 0) is 43.2 Å². The summed E-state index contributed by atoms with van der Waals surface area (Å²) in [5.74, 6) is -0.922. The van der Waals surface area contributed by atoms with Crippen molar-refractivity contribution in [3.63, 3.8) is 0 Å². The summed E-state index contributed by atoms with van der Waals surface area (Å²) in [5.41, 5.74) is 0.0372. The molecule has 1 fully saturated rings. The molecule has 1 N–H and O–H groups in total. The molecule has 2 aromatic rings. The molecule has 3 rings (SSSR count). The predicted octanol–water partition coefficient (Wildman–Crippen LogP) is 3.45. The van der Waals surface area contributed by atoms with Gasteiger partial charge in [0.15, 0.2) is 6.61 Å². The van der Waals surface area contributed by atoms with E-state index in [1.807, 2.05) is 0 Å². The molecule has 11 heteroatoms. The molecule has 1 aliphatic heterocycles. The Morgan fingerprint density at radius 1 is 1.10 bits per heavy atom. The summed E-state index contributed by atoms with van der Waals surface area (Å²) in [6, 6.07) is 6.25. The first-order chi connectivity index (χ1) is 14.2. The molecule has 1 aromatic carbocycles. The fraction of sp³-hybridized carbons (Fsp3) is 0.368. The minimum Gasteiger partial charge on any atom is -0.482 e. The Morgan fingerprint density at radius 2 is 1.77 bits per heavy atom. The largest absolute Gasteiger partial charge is 0.482 e. The molecule has 1 aliphatic rings. The summed E-state index contributed by atoms with van der Waals surface area (Å²) >= 11 is 0. The number of alkyl halides is 3. The zero-order valence-electron chi connectivity index (χ0n) is 15.9. The molecule has 2 heterocycles. The number of aromatic nitrogens is 1. The number of benzene rings is 1. The van der Waals surface area contributed by atoms with Crippen LogP contribution in [-0.2, 0) is 10.0 Å². The molecule has 1 saturated heterocycles. The average Bonchev–Trinajstić information content (AvgIpc) is 2.73. The molecular weight excluding hydrogens is 423 g/mol.